The van der Waals surface area contributed by atoms with Gasteiger partial charge in [-0.05, 0) is 49.1 Å². The quantitative estimate of drug-likeness (QED) is 0.623. The summed E-state index contributed by atoms with van der Waals surface area (Å²) in [6, 6.07) is 11.6. The molecule has 6 nitrogen and oxygen atoms in total. The van der Waals surface area contributed by atoms with Crippen molar-refractivity contribution in [1.29, 1.82) is 0 Å². The molecule has 0 aromatic heterocycles. The Kier molecular flexibility index (Phi) is 7.57. The molecule has 0 heterocycles. The molecule has 0 saturated heterocycles. The molecule has 3 amide bonds. The molecule has 2 N–H and O–H groups in total. The predicted molar refractivity (Wildman–Crippen MR) is 121 cm³/mol. The molecular formula is C23H28ClN3O3. The second kappa shape index (κ2) is 10.3. The van der Waals surface area contributed by atoms with Crippen LogP contribution in [0.3, 0.4) is 0 Å². The van der Waals surface area contributed by atoms with Gasteiger partial charge in [-0.25, -0.2) is 4.79 Å². The minimum atomic E-state index is -0.409. The summed E-state index contributed by atoms with van der Waals surface area (Å²) in [5, 5.41) is 5.78. The average Bonchev–Trinajstić information content (AvgIpc) is 2.74. The highest BCUT2D eigenvalue weighted by molar-refractivity contribution is 6.34. The first-order chi connectivity index (χ1) is 14.5. The number of urea groups is 1. The summed E-state index contributed by atoms with van der Waals surface area (Å²) in [4.78, 5) is 26.8. The summed E-state index contributed by atoms with van der Waals surface area (Å²) < 4.78 is 5.15. The van der Waals surface area contributed by atoms with Crippen molar-refractivity contribution in [3.63, 3.8) is 0 Å². The van der Waals surface area contributed by atoms with Crippen LogP contribution in [0, 0.1) is 5.92 Å². The Morgan fingerprint density at radius 3 is 2.43 bits per heavy atom. The minimum absolute atomic E-state index is 0.0991. The lowest BCUT2D eigenvalue weighted by molar-refractivity contribution is 0.0761. The number of amides is 3. The molecular weight excluding hydrogens is 402 g/mol. The summed E-state index contributed by atoms with van der Waals surface area (Å²) in [6.07, 6.45) is 6.13. The van der Waals surface area contributed by atoms with E-state index in [1.807, 2.05) is 7.05 Å². The average molecular weight is 430 g/mol. The maximum Gasteiger partial charge on any atom is 0.323 e. The third-order valence-corrected chi connectivity index (χ3v) is 5.70. The van der Waals surface area contributed by atoms with Crippen LogP contribution in [0.5, 0.6) is 5.75 Å². The van der Waals surface area contributed by atoms with E-state index in [1.165, 1.54) is 32.1 Å². The number of nitrogens with one attached hydrogen (secondary N) is 2. The van der Waals surface area contributed by atoms with Crippen molar-refractivity contribution in [2.45, 2.75) is 32.1 Å². The molecule has 2 aromatic carbocycles. The van der Waals surface area contributed by atoms with Gasteiger partial charge in [0.25, 0.3) is 5.91 Å². The fourth-order valence-electron chi connectivity index (χ4n) is 3.81. The molecule has 30 heavy (non-hydrogen) atoms. The molecule has 3 rings (SSSR count). The van der Waals surface area contributed by atoms with Crippen molar-refractivity contribution in [3.05, 3.63) is 53.1 Å². The molecule has 160 valence electrons. The number of rotatable bonds is 6. The molecule has 0 atom stereocenters. The van der Waals surface area contributed by atoms with E-state index in [1.54, 1.807) is 54.5 Å². The summed E-state index contributed by atoms with van der Waals surface area (Å²) in [6.45, 7) is 0.748. The molecule has 1 aliphatic carbocycles. The number of methoxy groups -OCH3 is 1. The largest absolute Gasteiger partial charge is 0.497 e. The van der Waals surface area contributed by atoms with Crippen LogP contribution in [0.1, 0.15) is 42.5 Å². The molecule has 0 spiro atoms. The molecule has 2 aromatic rings. The van der Waals surface area contributed by atoms with Crippen LogP contribution >= 0.6 is 11.6 Å². The van der Waals surface area contributed by atoms with Gasteiger partial charge in [0.15, 0.2) is 0 Å². The van der Waals surface area contributed by atoms with Gasteiger partial charge in [-0.3, -0.25) is 4.79 Å². The summed E-state index contributed by atoms with van der Waals surface area (Å²) in [7, 11) is 3.39. The number of anilines is 2. The van der Waals surface area contributed by atoms with E-state index in [2.05, 4.69) is 10.6 Å². The van der Waals surface area contributed by atoms with Gasteiger partial charge in [0.1, 0.15) is 5.75 Å². The Labute approximate surface area is 182 Å². The highest BCUT2D eigenvalue weighted by atomic mass is 35.5. The number of carbonyl (C=O) groups is 2. The molecule has 7 heteroatoms. The van der Waals surface area contributed by atoms with Crippen molar-refractivity contribution >= 4 is 34.9 Å². The fraction of sp³-hybridized carbons (Fsp3) is 0.391. The van der Waals surface area contributed by atoms with Crippen LogP contribution in [0.25, 0.3) is 0 Å². The number of benzene rings is 2. The Balaban J connectivity index is 1.59. The van der Waals surface area contributed by atoms with Crippen molar-refractivity contribution in [2.24, 2.45) is 5.92 Å². The predicted octanol–water partition coefficient (Wildman–Crippen LogP) is 5.64. The second-order valence-corrected chi connectivity index (χ2v) is 8.10. The molecule has 0 radical (unpaired) electrons. The molecule has 0 unspecified atom stereocenters. The van der Waals surface area contributed by atoms with E-state index < -0.39 is 6.03 Å². The van der Waals surface area contributed by atoms with E-state index in [9.17, 15) is 9.59 Å². The maximum atomic E-state index is 12.8. The highest BCUT2D eigenvalue weighted by Crippen LogP contribution is 2.26. The van der Waals surface area contributed by atoms with E-state index in [0.717, 1.165) is 6.54 Å². The van der Waals surface area contributed by atoms with Gasteiger partial charge in [0, 0.05) is 31.0 Å². The zero-order chi connectivity index (χ0) is 21.5. The Morgan fingerprint density at radius 2 is 1.77 bits per heavy atom. The number of hydrogen-bond donors (Lipinski definition) is 2. The lowest BCUT2D eigenvalue weighted by Gasteiger charge is -2.27. The van der Waals surface area contributed by atoms with Gasteiger partial charge in [-0.15, -0.1) is 0 Å². The zero-order valence-corrected chi connectivity index (χ0v) is 18.2. The standard InChI is InChI=1S/C23H28ClN3O3/c1-27(15-16-7-4-3-5-8-16)22(28)20-12-11-18(14-21(20)24)26-23(29)25-17-9-6-10-19(13-17)30-2/h6,9-14,16H,3-5,7-8,15H2,1-2H3,(H2,25,26,29). The normalized spacial score (nSPS) is 14.1. The first-order valence-electron chi connectivity index (χ1n) is 10.2. The van der Waals surface area contributed by atoms with Crippen LogP contribution in [-0.2, 0) is 0 Å². The number of hydrogen-bond acceptors (Lipinski definition) is 3. The van der Waals surface area contributed by atoms with Gasteiger partial charge in [-0.1, -0.05) is 36.9 Å². The van der Waals surface area contributed by atoms with Crippen LogP contribution in [0.2, 0.25) is 5.02 Å². The van der Waals surface area contributed by atoms with E-state index in [-0.39, 0.29) is 5.91 Å². The van der Waals surface area contributed by atoms with Gasteiger partial charge in [0.2, 0.25) is 0 Å². The fourth-order valence-corrected chi connectivity index (χ4v) is 4.07. The van der Waals surface area contributed by atoms with Crippen LogP contribution < -0.4 is 15.4 Å². The van der Waals surface area contributed by atoms with Gasteiger partial charge in [-0.2, -0.15) is 0 Å². The van der Waals surface area contributed by atoms with Crippen molar-refractivity contribution in [2.75, 3.05) is 31.3 Å². The summed E-state index contributed by atoms with van der Waals surface area (Å²) in [5.41, 5.74) is 1.55. The Hall–Kier alpha value is -2.73. The minimum Gasteiger partial charge on any atom is -0.497 e. The summed E-state index contributed by atoms with van der Waals surface area (Å²) in [5.74, 6) is 1.11. The van der Waals surface area contributed by atoms with E-state index >= 15 is 0 Å². The molecule has 1 fully saturated rings. The molecule has 0 bridgehead atoms. The highest BCUT2D eigenvalue weighted by Gasteiger charge is 2.21. The van der Waals surface area contributed by atoms with Crippen molar-refractivity contribution < 1.29 is 14.3 Å². The SMILES string of the molecule is COc1cccc(NC(=O)Nc2ccc(C(=O)N(C)CC3CCCCC3)c(Cl)c2)c1. The molecule has 1 aliphatic rings. The molecule has 1 saturated carbocycles. The Bertz CT molecular complexity index is 897. The van der Waals surface area contributed by atoms with E-state index in [0.29, 0.717) is 33.6 Å². The Morgan fingerprint density at radius 1 is 1.07 bits per heavy atom. The molecule has 0 aliphatic heterocycles. The van der Waals surface area contributed by atoms with Gasteiger partial charge < -0.3 is 20.3 Å². The van der Waals surface area contributed by atoms with Crippen LogP contribution in [0.4, 0.5) is 16.2 Å². The maximum absolute atomic E-state index is 12.8. The van der Waals surface area contributed by atoms with Gasteiger partial charge in [0.05, 0.1) is 17.7 Å². The third kappa shape index (κ3) is 5.89. The van der Waals surface area contributed by atoms with Crippen molar-refractivity contribution in [1.82, 2.24) is 4.90 Å². The first kappa shape index (κ1) is 22.0. The second-order valence-electron chi connectivity index (χ2n) is 7.70. The number of carbonyl (C=O) groups excluding carboxylic acids is 2. The lowest BCUT2D eigenvalue weighted by Crippen LogP contribution is -2.32. The number of nitrogens with zero attached hydrogens (tertiary/aromatic N) is 1. The van der Waals surface area contributed by atoms with Crippen LogP contribution in [0.15, 0.2) is 42.5 Å². The first-order valence-corrected chi connectivity index (χ1v) is 10.6. The van der Waals surface area contributed by atoms with Gasteiger partial charge >= 0.3 is 6.03 Å². The number of ether oxygens (including phenoxy) is 1. The van der Waals surface area contributed by atoms with E-state index in [4.69, 9.17) is 16.3 Å². The van der Waals surface area contributed by atoms with Crippen molar-refractivity contribution in [3.8, 4) is 5.75 Å². The lowest BCUT2D eigenvalue weighted by atomic mass is 9.89. The summed E-state index contributed by atoms with van der Waals surface area (Å²) >= 11 is 6.36. The third-order valence-electron chi connectivity index (χ3n) is 5.39. The number of halogens is 1. The van der Waals surface area contributed by atoms with Crippen LogP contribution in [-0.4, -0.2) is 37.5 Å². The smallest absolute Gasteiger partial charge is 0.323 e. The topological polar surface area (TPSA) is 70.7 Å². The zero-order valence-electron chi connectivity index (χ0n) is 17.4. The monoisotopic (exact) mass is 429 g/mol.